The monoisotopic (exact) mass is 335 g/mol. The number of nitrogens with two attached hydrogens (primary N) is 1. The number of nitrogens with zero attached hydrogens (tertiary/aromatic N) is 3. The Balaban J connectivity index is 0.00000192. The summed E-state index contributed by atoms with van der Waals surface area (Å²) in [5, 5.41) is 11.5. The van der Waals surface area contributed by atoms with Gasteiger partial charge in [-0.1, -0.05) is 31.0 Å². The zero-order valence-electron chi connectivity index (χ0n) is 12.9. The van der Waals surface area contributed by atoms with Gasteiger partial charge in [0.2, 0.25) is 0 Å². The molecule has 2 unspecified atom stereocenters. The van der Waals surface area contributed by atoms with Crippen molar-refractivity contribution in [3.05, 3.63) is 42.2 Å². The van der Waals surface area contributed by atoms with Crippen LogP contribution in [0.4, 0.5) is 0 Å². The fraction of sp³-hybridized carbons (Fsp3) is 0.438. The molecule has 0 saturated heterocycles. The molecule has 1 heterocycles. The maximum atomic E-state index is 12.4. The van der Waals surface area contributed by atoms with E-state index in [9.17, 15) is 4.79 Å². The lowest BCUT2D eigenvalue weighted by atomic mass is 9.84. The summed E-state index contributed by atoms with van der Waals surface area (Å²) in [6.45, 7) is 0.613. The van der Waals surface area contributed by atoms with Gasteiger partial charge in [0.25, 0.3) is 5.91 Å². The second-order valence-corrected chi connectivity index (χ2v) is 5.71. The molecule has 0 spiro atoms. The van der Waals surface area contributed by atoms with Crippen molar-refractivity contribution in [1.29, 1.82) is 0 Å². The highest BCUT2D eigenvalue weighted by atomic mass is 35.5. The Morgan fingerprint density at radius 3 is 2.74 bits per heavy atom. The topological polar surface area (TPSA) is 85.8 Å². The molecule has 1 aliphatic rings. The lowest BCUT2D eigenvalue weighted by Crippen LogP contribution is -2.44. The molecule has 0 bridgehead atoms. The predicted octanol–water partition coefficient (Wildman–Crippen LogP) is 1.94. The van der Waals surface area contributed by atoms with Crippen LogP contribution in [0.5, 0.6) is 0 Å². The highest BCUT2D eigenvalue weighted by molar-refractivity contribution is 5.92. The van der Waals surface area contributed by atoms with Gasteiger partial charge in [0, 0.05) is 6.04 Å². The predicted molar refractivity (Wildman–Crippen MR) is 90.9 cm³/mol. The molecule has 1 aliphatic carbocycles. The van der Waals surface area contributed by atoms with Gasteiger partial charge in [0.15, 0.2) is 5.69 Å². The second kappa shape index (κ2) is 8.08. The van der Waals surface area contributed by atoms with Gasteiger partial charge < -0.3 is 11.1 Å². The first-order valence-electron chi connectivity index (χ1n) is 7.76. The van der Waals surface area contributed by atoms with Crippen LogP contribution in [0.15, 0.2) is 36.5 Å². The molecule has 6 nitrogen and oxygen atoms in total. The molecule has 1 aromatic heterocycles. The standard InChI is InChI=1S/C16H21N5O.ClH/c17-10-12-6-4-5-9-14(12)19-16(22)15-11-18-21(20-15)13-7-2-1-3-8-13;/h1-3,7-8,11-12,14H,4-6,9-10,17H2,(H,19,22);1H. The normalized spacial score (nSPS) is 20.6. The Morgan fingerprint density at radius 1 is 1.26 bits per heavy atom. The summed E-state index contributed by atoms with van der Waals surface area (Å²) in [6.07, 6.45) is 5.90. The Kier molecular flexibility index (Phi) is 6.12. The zero-order chi connectivity index (χ0) is 15.4. The fourth-order valence-electron chi connectivity index (χ4n) is 2.97. The number of halogens is 1. The minimum absolute atomic E-state index is 0. The van der Waals surface area contributed by atoms with E-state index in [0.29, 0.717) is 18.2 Å². The Hall–Kier alpha value is -1.92. The van der Waals surface area contributed by atoms with Gasteiger partial charge in [-0.2, -0.15) is 9.90 Å². The van der Waals surface area contributed by atoms with Crippen molar-refractivity contribution in [3.8, 4) is 5.69 Å². The first-order valence-corrected chi connectivity index (χ1v) is 7.76. The Bertz CT molecular complexity index is 630. The molecule has 3 N–H and O–H groups in total. The zero-order valence-corrected chi connectivity index (χ0v) is 13.7. The van der Waals surface area contributed by atoms with Crippen LogP contribution in [0.25, 0.3) is 5.69 Å². The van der Waals surface area contributed by atoms with Crippen molar-refractivity contribution >= 4 is 18.3 Å². The molecule has 3 rings (SSSR count). The number of hydrogen-bond donors (Lipinski definition) is 2. The number of rotatable bonds is 4. The SMILES string of the molecule is Cl.NCC1CCCCC1NC(=O)c1cnn(-c2ccccc2)n1. The average molecular weight is 336 g/mol. The average Bonchev–Trinajstić information content (AvgIpc) is 3.06. The van der Waals surface area contributed by atoms with Crippen molar-refractivity contribution in [1.82, 2.24) is 20.3 Å². The van der Waals surface area contributed by atoms with Crippen LogP contribution in [0.3, 0.4) is 0 Å². The number of para-hydroxylation sites is 1. The molecular formula is C16H22ClN5O. The summed E-state index contributed by atoms with van der Waals surface area (Å²) < 4.78 is 0. The van der Waals surface area contributed by atoms with Crippen molar-refractivity contribution in [2.24, 2.45) is 11.7 Å². The summed E-state index contributed by atoms with van der Waals surface area (Å²) in [6, 6.07) is 9.68. The van der Waals surface area contributed by atoms with Crippen LogP contribution in [0, 0.1) is 5.92 Å². The van der Waals surface area contributed by atoms with E-state index in [2.05, 4.69) is 15.5 Å². The maximum absolute atomic E-state index is 12.4. The molecule has 7 heteroatoms. The first-order chi connectivity index (χ1) is 10.8. The van der Waals surface area contributed by atoms with Gasteiger partial charge in [-0.25, -0.2) is 0 Å². The minimum atomic E-state index is -0.174. The van der Waals surface area contributed by atoms with Gasteiger partial charge in [-0.15, -0.1) is 17.5 Å². The van der Waals surface area contributed by atoms with E-state index in [1.807, 2.05) is 30.3 Å². The van der Waals surface area contributed by atoms with E-state index < -0.39 is 0 Å². The van der Waals surface area contributed by atoms with Crippen LogP contribution in [0.2, 0.25) is 0 Å². The molecule has 1 aromatic carbocycles. The molecule has 1 saturated carbocycles. The number of amides is 1. The third kappa shape index (κ3) is 4.09. The van der Waals surface area contributed by atoms with Crippen LogP contribution in [-0.2, 0) is 0 Å². The van der Waals surface area contributed by atoms with Crippen molar-refractivity contribution in [2.45, 2.75) is 31.7 Å². The third-order valence-electron chi connectivity index (χ3n) is 4.24. The van der Waals surface area contributed by atoms with Crippen LogP contribution >= 0.6 is 12.4 Å². The number of aromatic nitrogens is 3. The minimum Gasteiger partial charge on any atom is -0.348 e. The molecule has 1 fully saturated rings. The molecule has 124 valence electrons. The summed E-state index contributed by atoms with van der Waals surface area (Å²) in [5.74, 6) is 0.189. The highest BCUT2D eigenvalue weighted by Crippen LogP contribution is 2.23. The number of carbonyl (C=O) groups excluding carboxylic acids is 1. The molecule has 0 aliphatic heterocycles. The summed E-state index contributed by atoms with van der Waals surface area (Å²) in [7, 11) is 0. The molecule has 2 aromatic rings. The summed E-state index contributed by atoms with van der Waals surface area (Å²) in [4.78, 5) is 13.8. The largest absolute Gasteiger partial charge is 0.348 e. The lowest BCUT2D eigenvalue weighted by Gasteiger charge is -2.30. The van der Waals surface area contributed by atoms with E-state index in [-0.39, 0.29) is 24.4 Å². The van der Waals surface area contributed by atoms with Crippen molar-refractivity contribution in [2.75, 3.05) is 6.54 Å². The van der Waals surface area contributed by atoms with E-state index in [0.717, 1.165) is 24.9 Å². The van der Waals surface area contributed by atoms with Crippen LogP contribution in [0.1, 0.15) is 36.2 Å². The molecule has 23 heavy (non-hydrogen) atoms. The molecule has 2 atom stereocenters. The number of carbonyl (C=O) groups is 1. The van der Waals surface area contributed by atoms with Crippen LogP contribution < -0.4 is 11.1 Å². The summed E-state index contributed by atoms with van der Waals surface area (Å²) in [5.41, 5.74) is 6.98. The van der Waals surface area contributed by atoms with Gasteiger partial charge in [0.05, 0.1) is 11.9 Å². The van der Waals surface area contributed by atoms with Gasteiger partial charge in [0.1, 0.15) is 0 Å². The fourth-order valence-corrected chi connectivity index (χ4v) is 2.97. The number of hydrogen-bond acceptors (Lipinski definition) is 4. The third-order valence-corrected chi connectivity index (χ3v) is 4.24. The van der Waals surface area contributed by atoms with E-state index in [1.54, 1.807) is 0 Å². The van der Waals surface area contributed by atoms with E-state index >= 15 is 0 Å². The van der Waals surface area contributed by atoms with Gasteiger partial charge >= 0.3 is 0 Å². The smallest absolute Gasteiger partial charge is 0.273 e. The molecule has 0 radical (unpaired) electrons. The summed E-state index contributed by atoms with van der Waals surface area (Å²) >= 11 is 0. The molecular weight excluding hydrogens is 314 g/mol. The Labute approximate surface area is 141 Å². The lowest BCUT2D eigenvalue weighted by molar-refractivity contribution is 0.0902. The van der Waals surface area contributed by atoms with E-state index in [4.69, 9.17) is 5.73 Å². The number of nitrogens with one attached hydrogen (secondary N) is 1. The number of benzene rings is 1. The van der Waals surface area contributed by atoms with Crippen molar-refractivity contribution < 1.29 is 4.79 Å². The van der Waals surface area contributed by atoms with Gasteiger partial charge in [-0.05, 0) is 37.4 Å². The molecule has 1 amide bonds. The van der Waals surface area contributed by atoms with Crippen molar-refractivity contribution in [3.63, 3.8) is 0 Å². The van der Waals surface area contributed by atoms with Crippen LogP contribution in [-0.4, -0.2) is 33.5 Å². The quantitative estimate of drug-likeness (QED) is 0.894. The Morgan fingerprint density at radius 2 is 2.00 bits per heavy atom. The highest BCUT2D eigenvalue weighted by Gasteiger charge is 2.26. The van der Waals surface area contributed by atoms with Gasteiger partial charge in [-0.3, -0.25) is 4.79 Å². The second-order valence-electron chi connectivity index (χ2n) is 5.71. The first kappa shape index (κ1) is 17.4. The maximum Gasteiger partial charge on any atom is 0.273 e. The van der Waals surface area contributed by atoms with E-state index in [1.165, 1.54) is 17.4 Å².